The van der Waals surface area contributed by atoms with E-state index in [1.807, 2.05) is 6.07 Å². The van der Waals surface area contributed by atoms with E-state index in [2.05, 4.69) is 29.2 Å². The Morgan fingerprint density at radius 1 is 1.38 bits per heavy atom. The first-order valence-corrected chi connectivity index (χ1v) is 8.67. The summed E-state index contributed by atoms with van der Waals surface area (Å²) in [5.41, 5.74) is 1.40. The van der Waals surface area contributed by atoms with Gasteiger partial charge in [-0.25, -0.2) is 9.67 Å². The Labute approximate surface area is 146 Å². The topological polar surface area (TPSA) is 64.2 Å². The summed E-state index contributed by atoms with van der Waals surface area (Å²) in [6, 6.07) is 5.34. The fourth-order valence-electron chi connectivity index (χ4n) is 3.63. The molecule has 2 N–H and O–H groups in total. The molecule has 24 heavy (non-hydrogen) atoms. The van der Waals surface area contributed by atoms with Gasteiger partial charge in [-0.05, 0) is 24.6 Å². The second-order valence-electron chi connectivity index (χ2n) is 6.83. The van der Waals surface area contributed by atoms with Crippen molar-refractivity contribution in [2.45, 2.75) is 20.3 Å². The Kier molecular flexibility index (Phi) is 5.16. The van der Waals surface area contributed by atoms with Crippen LogP contribution in [0.5, 0.6) is 0 Å². The van der Waals surface area contributed by atoms with E-state index >= 15 is 0 Å². The van der Waals surface area contributed by atoms with E-state index in [9.17, 15) is 4.79 Å². The van der Waals surface area contributed by atoms with E-state index in [1.54, 1.807) is 23.1 Å². The molecule has 1 aliphatic rings. The monoisotopic (exact) mass is 348 g/mol. The normalized spacial score (nSPS) is 23.9. The minimum absolute atomic E-state index is 0.00469. The van der Waals surface area contributed by atoms with Gasteiger partial charge in [0.25, 0.3) is 5.91 Å². The van der Waals surface area contributed by atoms with Crippen molar-refractivity contribution < 1.29 is 9.69 Å². The molecule has 0 saturated carbocycles. The number of carbonyl (C=O) groups excluding carboxylic acids is 1. The van der Waals surface area contributed by atoms with Crippen molar-refractivity contribution in [2.75, 3.05) is 25.0 Å². The van der Waals surface area contributed by atoms with Crippen molar-refractivity contribution in [1.82, 2.24) is 14.8 Å². The summed E-state index contributed by atoms with van der Waals surface area (Å²) < 4.78 is 1.61. The van der Waals surface area contributed by atoms with E-state index in [-0.39, 0.29) is 5.91 Å². The van der Waals surface area contributed by atoms with E-state index in [1.165, 1.54) is 17.6 Å². The number of nitrogens with zero attached hydrogens (tertiary/aromatic N) is 3. The van der Waals surface area contributed by atoms with Gasteiger partial charge in [0.1, 0.15) is 12.7 Å². The smallest absolute Gasteiger partial charge is 0.279 e. The lowest BCUT2D eigenvalue weighted by Crippen LogP contribution is -3.15. The van der Waals surface area contributed by atoms with E-state index < -0.39 is 0 Å². The maximum atomic E-state index is 12.5. The second-order valence-corrected chi connectivity index (χ2v) is 7.27. The molecule has 7 heteroatoms. The molecule has 6 nitrogen and oxygen atoms in total. The van der Waals surface area contributed by atoms with Crippen molar-refractivity contribution in [3.63, 3.8) is 0 Å². The number of hydrogen-bond donors (Lipinski definition) is 2. The lowest BCUT2D eigenvalue weighted by Gasteiger charge is -2.31. The second kappa shape index (κ2) is 7.32. The molecular weight excluding hydrogens is 326 g/mol. The fraction of sp³-hybridized carbons (Fsp3) is 0.471. The number of piperidine rings is 1. The maximum absolute atomic E-state index is 12.5. The van der Waals surface area contributed by atoms with Crippen molar-refractivity contribution >= 4 is 23.2 Å². The molecule has 1 saturated heterocycles. The average Bonchev–Trinajstić information content (AvgIpc) is 3.00. The summed E-state index contributed by atoms with van der Waals surface area (Å²) in [6.07, 6.45) is 4.30. The molecule has 3 atom stereocenters. The largest absolute Gasteiger partial charge is 0.327 e. The van der Waals surface area contributed by atoms with Gasteiger partial charge in [0, 0.05) is 16.9 Å². The summed E-state index contributed by atoms with van der Waals surface area (Å²) in [4.78, 5) is 17.8. The number of benzene rings is 1. The van der Waals surface area contributed by atoms with E-state index in [0.29, 0.717) is 29.1 Å². The van der Waals surface area contributed by atoms with Crippen LogP contribution in [0.3, 0.4) is 0 Å². The number of amides is 1. The van der Waals surface area contributed by atoms with Gasteiger partial charge < -0.3 is 10.2 Å². The van der Waals surface area contributed by atoms with Gasteiger partial charge >= 0.3 is 0 Å². The van der Waals surface area contributed by atoms with Crippen LogP contribution < -0.4 is 10.2 Å². The van der Waals surface area contributed by atoms with Crippen molar-refractivity contribution in [2.24, 2.45) is 11.8 Å². The first kappa shape index (κ1) is 16.9. The van der Waals surface area contributed by atoms with Crippen molar-refractivity contribution in [3.05, 3.63) is 35.9 Å². The van der Waals surface area contributed by atoms with E-state index in [4.69, 9.17) is 11.6 Å². The third-order valence-corrected chi connectivity index (χ3v) is 4.62. The maximum Gasteiger partial charge on any atom is 0.279 e. The van der Waals surface area contributed by atoms with Crippen LogP contribution in [-0.4, -0.2) is 40.3 Å². The van der Waals surface area contributed by atoms with Gasteiger partial charge in [0.15, 0.2) is 6.54 Å². The molecule has 1 amide bonds. The highest BCUT2D eigenvalue weighted by Crippen LogP contribution is 2.23. The number of hydrogen-bond acceptors (Lipinski definition) is 3. The first-order chi connectivity index (χ1) is 11.5. The molecule has 0 bridgehead atoms. The Morgan fingerprint density at radius 3 is 2.79 bits per heavy atom. The van der Waals surface area contributed by atoms with Gasteiger partial charge in [-0.2, -0.15) is 5.10 Å². The van der Waals surface area contributed by atoms with Gasteiger partial charge in [-0.15, -0.1) is 0 Å². The molecule has 3 rings (SSSR count). The molecule has 0 radical (unpaired) electrons. The molecule has 1 aromatic carbocycles. The van der Waals surface area contributed by atoms with Gasteiger partial charge in [0.2, 0.25) is 0 Å². The van der Waals surface area contributed by atoms with Crippen LogP contribution in [0.4, 0.5) is 5.69 Å². The zero-order chi connectivity index (χ0) is 17.1. The summed E-state index contributed by atoms with van der Waals surface area (Å²) in [6.45, 7) is 7.07. The standard InChI is InChI=1S/C17H22ClN5O/c1-12-5-13(2)8-22(7-12)9-17(24)21-15-6-14(18)3-4-16(15)23-11-19-10-20-23/h3-4,6,10-13H,5,7-9H2,1-2H3,(H,21,24)/p+1/t12-,13+. The zero-order valence-corrected chi connectivity index (χ0v) is 14.8. The molecule has 2 aromatic rings. The van der Waals surface area contributed by atoms with Gasteiger partial charge in [0.05, 0.1) is 24.5 Å². The zero-order valence-electron chi connectivity index (χ0n) is 14.0. The number of rotatable bonds is 4. The average molecular weight is 349 g/mol. The third-order valence-electron chi connectivity index (χ3n) is 4.39. The predicted octanol–water partition coefficient (Wildman–Crippen LogP) is 1.42. The minimum Gasteiger partial charge on any atom is -0.327 e. The van der Waals surface area contributed by atoms with Crippen molar-refractivity contribution in [1.29, 1.82) is 0 Å². The Balaban J connectivity index is 1.71. The van der Waals surface area contributed by atoms with Crippen LogP contribution in [0.15, 0.2) is 30.9 Å². The number of aromatic nitrogens is 3. The van der Waals surface area contributed by atoms with Crippen LogP contribution in [0.25, 0.3) is 5.69 Å². The first-order valence-electron chi connectivity index (χ1n) is 8.29. The number of carbonyl (C=O) groups is 1. The lowest BCUT2D eigenvalue weighted by atomic mass is 9.92. The highest BCUT2D eigenvalue weighted by molar-refractivity contribution is 6.31. The van der Waals surface area contributed by atoms with Gasteiger partial charge in [-0.3, -0.25) is 4.79 Å². The van der Waals surface area contributed by atoms with Crippen LogP contribution in [-0.2, 0) is 4.79 Å². The Hall–Kier alpha value is -1.92. The molecular formula is C17H23ClN5O+. The van der Waals surface area contributed by atoms with Crippen LogP contribution in [0.2, 0.25) is 5.02 Å². The van der Waals surface area contributed by atoms with E-state index in [0.717, 1.165) is 18.8 Å². The number of anilines is 1. The van der Waals surface area contributed by atoms with Crippen LogP contribution in [0.1, 0.15) is 20.3 Å². The molecule has 2 heterocycles. The van der Waals surface area contributed by atoms with Gasteiger partial charge in [-0.1, -0.05) is 25.4 Å². The molecule has 128 valence electrons. The molecule has 1 aromatic heterocycles. The number of likely N-dealkylation sites (tertiary alicyclic amines) is 1. The number of quaternary nitrogens is 1. The number of nitrogens with one attached hydrogen (secondary N) is 2. The fourth-order valence-corrected chi connectivity index (χ4v) is 3.80. The summed E-state index contributed by atoms with van der Waals surface area (Å²) in [5.74, 6) is 1.32. The molecule has 0 aliphatic carbocycles. The highest BCUT2D eigenvalue weighted by Gasteiger charge is 2.26. The summed E-state index contributed by atoms with van der Waals surface area (Å²) >= 11 is 6.09. The third kappa shape index (κ3) is 4.13. The Bertz CT molecular complexity index is 693. The number of halogens is 1. The molecule has 1 fully saturated rings. The van der Waals surface area contributed by atoms with Crippen LogP contribution >= 0.6 is 11.6 Å². The molecule has 1 unspecified atom stereocenters. The Morgan fingerprint density at radius 2 is 2.12 bits per heavy atom. The van der Waals surface area contributed by atoms with Crippen LogP contribution in [0, 0.1) is 11.8 Å². The molecule has 1 aliphatic heterocycles. The quantitative estimate of drug-likeness (QED) is 0.878. The summed E-state index contributed by atoms with van der Waals surface area (Å²) in [5, 5.41) is 7.68. The highest BCUT2D eigenvalue weighted by atomic mass is 35.5. The molecule has 0 spiro atoms. The minimum atomic E-state index is -0.00469. The predicted molar refractivity (Wildman–Crippen MR) is 93.5 cm³/mol. The lowest BCUT2D eigenvalue weighted by molar-refractivity contribution is -0.904. The SMILES string of the molecule is C[C@@H]1C[C@H](C)C[NH+](CC(=O)Nc2cc(Cl)ccc2-n2cncn2)C1. The summed E-state index contributed by atoms with van der Waals surface area (Å²) in [7, 11) is 0. The van der Waals surface area contributed by atoms with Crippen molar-refractivity contribution in [3.8, 4) is 5.69 Å².